The number of esters is 1. The fourth-order valence-electron chi connectivity index (χ4n) is 4.41. The lowest BCUT2D eigenvalue weighted by atomic mass is 9.97. The summed E-state index contributed by atoms with van der Waals surface area (Å²) in [6.45, 7) is 8.94. The Morgan fingerprint density at radius 3 is 1.81 bits per heavy atom. The van der Waals surface area contributed by atoms with Crippen molar-refractivity contribution in [3.63, 3.8) is 0 Å². The van der Waals surface area contributed by atoms with E-state index < -0.39 is 34.2 Å². The van der Waals surface area contributed by atoms with Gasteiger partial charge in [-0.1, -0.05) is 51.6 Å². The van der Waals surface area contributed by atoms with Gasteiger partial charge in [-0.25, -0.2) is 4.79 Å². The summed E-state index contributed by atoms with van der Waals surface area (Å²) in [6.07, 6.45) is 0.163. The van der Waals surface area contributed by atoms with Crippen molar-refractivity contribution in [2.75, 3.05) is 11.5 Å². The van der Waals surface area contributed by atoms with Crippen LogP contribution in [-0.4, -0.2) is 16.8 Å². The van der Waals surface area contributed by atoms with Gasteiger partial charge in [0.15, 0.2) is 17.1 Å². The van der Waals surface area contributed by atoms with Gasteiger partial charge in [-0.3, -0.25) is 29.5 Å². The van der Waals surface area contributed by atoms with E-state index in [-0.39, 0.29) is 62.6 Å². The van der Waals surface area contributed by atoms with Crippen molar-refractivity contribution in [2.24, 2.45) is 11.7 Å². The van der Waals surface area contributed by atoms with Gasteiger partial charge >= 0.3 is 5.97 Å². The summed E-state index contributed by atoms with van der Waals surface area (Å²) < 4.78 is 5.87. The fourth-order valence-corrected chi connectivity index (χ4v) is 4.41. The van der Waals surface area contributed by atoms with Gasteiger partial charge in [0.25, 0.3) is 11.1 Å². The van der Waals surface area contributed by atoms with Crippen molar-refractivity contribution < 1.29 is 9.53 Å². The zero-order chi connectivity index (χ0) is 26.9. The number of aromatic nitrogens is 1. The van der Waals surface area contributed by atoms with Crippen LogP contribution in [0.3, 0.4) is 0 Å². The van der Waals surface area contributed by atoms with E-state index in [0.717, 1.165) is 10.6 Å². The molecule has 0 amide bonds. The van der Waals surface area contributed by atoms with Crippen LogP contribution in [0.2, 0.25) is 0 Å². The Morgan fingerprint density at radius 1 is 0.944 bits per heavy atom. The highest BCUT2D eigenvalue weighted by Crippen LogP contribution is 2.31. The zero-order valence-electron chi connectivity index (χ0n) is 20.3. The quantitative estimate of drug-likeness (QED) is 0.0898. The Labute approximate surface area is 205 Å². The van der Waals surface area contributed by atoms with Crippen LogP contribution in [0.25, 0.3) is 32.3 Å². The normalized spacial score (nSPS) is 12.8. The highest BCUT2D eigenvalue weighted by molar-refractivity contribution is 6.20. The molecule has 2 atom stereocenters. The first-order valence-electron chi connectivity index (χ1n) is 11.5. The van der Waals surface area contributed by atoms with Crippen molar-refractivity contribution in [2.45, 2.75) is 40.0 Å². The average molecular weight is 493 g/mol. The number of hydrogen-bond donors (Lipinski definition) is 3. The molecule has 10 nitrogen and oxygen atoms in total. The molecule has 3 aromatic carbocycles. The largest absolute Gasteiger partial charge is 0.444 e. The van der Waals surface area contributed by atoms with Crippen molar-refractivity contribution >= 4 is 49.7 Å². The van der Waals surface area contributed by atoms with Gasteiger partial charge in [-0.05, 0) is 5.92 Å². The van der Waals surface area contributed by atoms with Crippen LogP contribution in [0.4, 0.5) is 11.4 Å². The molecule has 6 N–H and O–H groups in total. The van der Waals surface area contributed by atoms with Gasteiger partial charge in [0, 0.05) is 29.8 Å². The Bertz CT molecular complexity index is 1610. The van der Waals surface area contributed by atoms with Crippen molar-refractivity contribution in [1.82, 2.24) is 4.57 Å². The molecule has 0 aliphatic rings. The lowest BCUT2D eigenvalue weighted by molar-refractivity contribution is -0.143. The van der Waals surface area contributed by atoms with E-state index in [1.807, 2.05) is 13.8 Å². The molecule has 1 aromatic heterocycles. The molecule has 0 saturated heterocycles. The lowest BCUT2D eigenvalue weighted by Gasteiger charge is -2.17. The first-order chi connectivity index (χ1) is 17.1. The van der Waals surface area contributed by atoms with Crippen molar-refractivity contribution in [3.05, 3.63) is 78.1 Å². The number of fused-ring (bicyclic) bond motifs is 3. The number of carbonyl (C=O) groups excluding carboxylic acids is 1. The van der Waals surface area contributed by atoms with Gasteiger partial charge in [0.1, 0.15) is 0 Å². The summed E-state index contributed by atoms with van der Waals surface area (Å²) in [5.41, 5.74) is 15.2. The topological polar surface area (TPSA) is 178 Å². The van der Waals surface area contributed by atoms with Crippen LogP contribution in [0.15, 0.2) is 56.1 Å². The highest BCUT2D eigenvalue weighted by atomic mass is 16.6. The molecular weight excluding hydrogens is 464 g/mol. The summed E-state index contributed by atoms with van der Waals surface area (Å²) in [5, 5.41) is -0.441. The number of carbonyl (C=O) groups is 1. The second kappa shape index (κ2) is 10.1. The summed E-state index contributed by atoms with van der Waals surface area (Å²) in [5.74, 6) is -1.05. The number of hydrogen-bond acceptors (Lipinski definition) is 9. The fraction of sp³-hybridized carbons (Fsp3) is 0.269. The molecule has 0 saturated carbocycles. The molecular formula is C26H28N4O6. The first kappa shape index (κ1) is 26.3. The van der Waals surface area contributed by atoms with Gasteiger partial charge in [-0.2, -0.15) is 0 Å². The van der Waals surface area contributed by atoms with Crippen molar-refractivity contribution in [1.29, 1.82) is 0 Å². The third kappa shape index (κ3) is 4.16. The number of anilines is 2. The number of nitrogen functional groups attached to an aromatic ring is 2. The van der Waals surface area contributed by atoms with Gasteiger partial charge < -0.3 is 16.2 Å². The molecule has 188 valence electrons. The number of nitrogens with two attached hydrogens (primary N) is 3. The highest BCUT2D eigenvalue weighted by Gasteiger charge is 2.26. The van der Waals surface area contributed by atoms with Gasteiger partial charge in [-0.15, -0.1) is 0 Å². The van der Waals surface area contributed by atoms with Crippen LogP contribution in [0, 0.1) is 5.92 Å². The maximum absolute atomic E-state index is 13.2. The van der Waals surface area contributed by atoms with Crippen LogP contribution < -0.4 is 39.2 Å². The zero-order valence-corrected chi connectivity index (χ0v) is 20.3. The molecule has 0 spiro atoms. The molecule has 0 aliphatic carbocycles. The maximum Gasteiger partial charge on any atom is 0.331 e. The molecule has 4 aromatic rings. The van der Waals surface area contributed by atoms with Gasteiger partial charge in [0.05, 0.1) is 32.9 Å². The van der Waals surface area contributed by atoms with E-state index >= 15 is 0 Å². The second-order valence-electron chi connectivity index (χ2n) is 8.27. The van der Waals surface area contributed by atoms with Crippen LogP contribution in [0.5, 0.6) is 0 Å². The second-order valence-corrected chi connectivity index (χ2v) is 8.27. The van der Waals surface area contributed by atoms with E-state index in [9.17, 15) is 24.0 Å². The molecule has 4 rings (SSSR count). The predicted octanol–water partition coefficient (Wildman–Crippen LogP) is 1.49. The molecule has 0 aliphatic heterocycles. The Morgan fingerprint density at radius 2 is 1.39 bits per heavy atom. The third-order valence-electron chi connectivity index (χ3n) is 5.93. The summed E-state index contributed by atoms with van der Waals surface area (Å²) >= 11 is 0. The minimum absolute atomic E-state index is 0.0721. The first-order valence-corrected chi connectivity index (χ1v) is 11.5. The average Bonchev–Trinajstić information content (AvgIpc) is 3.11. The standard InChI is InChI=1S/C24H22N4O6.C2H6/c1-3-14(29)34-13(25)8-10(2)9-28-23(32)17-18(24(28)33)20(27)16-15(19(17)26)21(30)11-6-4-5-7-12(11)22(16)31;1-2/h3-7,10,13H,1,8-9,25-27H2,2H3;1-2H3. The Kier molecular flexibility index (Phi) is 7.40. The number of ether oxygens (including phenoxy) is 1. The van der Waals surface area contributed by atoms with Crippen LogP contribution in [-0.2, 0) is 16.1 Å². The van der Waals surface area contributed by atoms with E-state index in [1.165, 1.54) is 12.1 Å². The van der Waals surface area contributed by atoms with E-state index in [2.05, 4.69) is 6.58 Å². The lowest BCUT2D eigenvalue weighted by Crippen LogP contribution is -2.33. The maximum atomic E-state index is 13.2. The van der Waals surface area contributed by atoms with Crippen molar-refractivity contribution in [3.8, 4) is 0 Å². The van der Waals surface area contributed by atoms with E-state index in [1.54, 1.807) is 19.1 Å². The molecule has 0 bridgehead atoms. The minimum Gasteiger partial charge on any atom is -0.444 e. The molecule has 10 heteroatoms. The van der Waals surface area contributed by atoms with E-state index in [0.29, 0.717) is 0 Å². The third-order valence-corrected chi connectivity index (χ3v) is 5.93. The molecule has 0 fully saturated rings. The number of benzene rings is 3. The van der Waals surface area contributed by atoms with E-state index in [4.69, 9.17) is 21.9 Å². The Hall–Kier alpha value is -4.31. The number of nitrogens with zero attached hydrogens (tertiary/aromatic N) is 1. The summed E-state index contributed by atoms with van der Waals surface area (Å²) in [4.78, 5) is 64.0. The SMILES string of the molecule is C=CC(=O)OC(N)CC(C)Cn1c(=O)c2c(N)c3c(=O)c4ccccc4c(=O)c3c(N)c2c1=O.CC. The minimum atomic E-state index is -0.966. The molecule has 1 heterocycles. The van der Waals surface area contributed by atoms with Crippen LogP contribution in [0.1, 0.15) is 27.2 Å². The molecule has 36 heavy (non-hydrogen) atoms. The summed E-state index contributed by atoms with van der Waals surface area (Å²) in [6, 6.07) is 6.20. The number of rotatable bonds is 6. The predicted molar refractivity (Wildman–Crippen MR) is 143 cm³/mol. The monoisotopic (exact) mass is 492 g/mol. The Balaban J connectivity index is 0.00000176. The summed E-state index contributed by atoms with van der Waals surface area (Å²) in [7, 11) is 0. The molecule has 0 radical (unpaired) electrons. The smallest absolute Gasteiger partial charge is 0.331 e. The molecule has 2 unspecified atom stereocenters. The van der Waals surface area contributed by atoms with Gasteiger partial charge in [0.2, 0.25) is 0 Å². The van der Waals surface area contributed by atoms with Crippen LogP contribution >= 0.6 is 0 Å².